The standard InChI is InChI=1S/C15H14FNO2/c16-14-7-6-12(15(18)19)8-13(14)10-17-9-11-4-2-1-3-5-11/h1-8,17H,9-10H2,(H,18,19). The van der Waals surface area contributed by atoms with Crippen LogP contribution in [-0.4, -0.2) is 11.1 Å². The van der Waals surface area contributed by atoms with E-state index in [2.05, 4.69) is 5.32 Å². The molecule has 0 amide bonds. The molecule has 0 aliphatic carbocycles. The highest BCUT2D eigenvalue weighted by molar-refractivity contribution is 5.87. The second-order valence-corrected chi connectivity index (χ2v) is 4.20. The molecule has 0 fully saturated rings. The quantitative estimate of drug-likeness (QED) is 0.868. The number of nitrogens with one attached hydrogen (secondary N) is 1. The molecule has 0 aromatic heterocycles. The number of carboxylic acid groups (broad SMARTS) is 1. The van der Waals surface area contributed by atoms with Gasteiger partial charge in [-0.1, -0.05) is 30.3 Å². The van der Waals surface area contributed by atoms with Crippen molar-refractivity contribution in [3.05, 3.63) is 71.0 Å². The van der Waals surface area contributed by atoms with Crippen molar-refractivity contribution in [3.8, 4) is 0 Å². The predicted octanol–water partition coefficient (Wildman–Crippen LogP) is 2.81. The van der Waals surface area contributed by atoms with Crippen LogP contribution >= 0.6 is 0 Å². The highest BCUT2D eigenvalue weighted by Gasteiger charge is 2.07. The maximum Gasteiger partial charge on any atom is 0.335 e. The third-order valence-electron chi connectivity index (χ3n) is 2.78. The van der Waals surface area contributed by atoms with Crippen LogP contribution < -0.4 is 5.32 Å². The summed E-state index contributed by atoms with van der Waals surface area (Å²) >= 11 is 0. The van der Waals surface area contributed by atoms with Crippen molar-refractivity contribution in [2.75, 3.05) is 0 Å². The maximum absolute atomic E-state index is 13.5. The summed E-state index contributed by atoms with van der Waals surface area (Å²) in [5, 5.41) is 12.0. The second-order valence-electron chi connectivity index (χ2n) is 4.20. The smallest absolute Gasteiger partial charge is 0.335 e. The average molecular weight is 259 g/mol. The molecule has 4 heteroatoms. The summed E-state index contributed by atoms with van der Waals surface area (Å²) in [6.07, 6.45) is 0. The van der Waals surface area contributed by atoms with Crippen molar-refractivity contribution in [1.82, 2.24) is 5.32 Å². The van der Waals surface area contributed by atoms with E-state index in [9.17, 15) is 9.18 Å². The monoisotopic (exact) mass is 259 g/mol. The topological polar surface area (TPSA) is 49.3 Å². The van der Waals surface area contributed by atoms with Gasteiger partial charge in [0.05, 0.1) is 5.56 Å². The fourth-order valence-corrected chi connectivity index (χ4v) is 1.78. The van der Waals surface area contributed by atoms with E-state index in [-0.39, 0.29) is 5.56 Å². The van der Waals surface area contributed by atoms with Gasteiger partial charge < -0.3 is 10.4 Å². The minimum absolute atomic E-state index is 0.0953. The number of benzene rings is 2. The van der Waals surface area contributed by atoms with Crippen LogP contribution in [0.3, 0.4) is 0 Å². The lowest BCUT2D eigenvalue weighted by atomic mass is 10.1. The second kappa shape index (κ2) is 6.11. The summed E-state index contributed by atoms with van der Waals surface area (Å²) in [6.45, 7) is 0.902. The minimum Gasteiger partial charge on any atom is -0.478 e. The zero-order valence-corrected chi connectivity index (χ0v) is 10.3. The molecule has 3 nitrogen and oxygen atoms in total. The van der Waals surface area contributed by atoms with Crippen LogP contribution in [0, 0.1) is 5.82 Å². The minimum atomic E-state index is -1.05. The largest absolute Gasteiger partial charge is 0.478 e. The Kier molecular flexibility index (Phi) is 4.26. The summed E-state index contributed by atoms with van der Waals surface area (Å²) < 4.78 is 13.5. The van der Waals surface area contributed by atoms with E-state index in [1.165, 1.54) is 18.2 Å². The van der Waals surface area contributed by atoms with Crippen LogP contribution in [0.4, 0.5) is 4.39 Å². The lowest BCUT2D eigenvalue weighted by Crippen LogP contribution is -2.14. The summed E-state index contributed by atoms with van der Waals surface area (Å²) in [5.74, 6) is -1.45. The maximum atomic E-state index is 13.5. The van der Waals surface area contributed by atoms with Gasteiger partial charge in [-0.15, -0.1) is 0 Å². The molecule has 0 radical (unpaired) electrons. The summed E-state index contributed by atoms with van der Waals surface area (Å²) in [5.41, 5.74) is 1.55. The van der Waals surface area contributed by atoms with Crippen molar-refractivity contribution in [2.24, 2.45) is 0 Å². The van der Waals surface area contributed by atoms with E-state index < -0.39 is 11.8 Å². The van der Waals surface area contributed by atoms with Gasteiger partial charge in [0.2, 0.25) is 0 Å². The van der Waals surface area contributed by atoms with Crippen molar-refractivity contribution in [2.45, 2.75) is 13.1 Å². The highest BCUT2D eigenvalue weighted by Crippen LogP contribution is 2.11. The van der Waals surface area contributed by atoms with Gasteiger partial charge in [0, 0.05) is 18.7 Å². The Labute approximate surface area is 110 Å². The number of rotatable bonds is 5. The molecule has 2 N–H and O–H groups in total. The van der Waals surface area contributed by atoms with Crippen molar-refractivity contribution in [1.29, 1.82) is 0 Å². The van der Waals surface area contributed by atoms with Gasteiger partial charge in [0.1, 0.15) is 5.82 Å². The van der Waals surface area contributed by atoms with Gasteiger partial charge in [0.25, 0.3) is 0 Å². The molecule has 2 aromatic carbocycles. The van der Waals surface area contributed by atoms with Crippen molar-refractivity contribution >= 4 is 5.97 Å². The molecule has 0 heterocycles. The highest BCUT2D eigenvalue weighted by atomic mass is 19.1. The van der Waals surface area contributed by atoms with E-state index in [0.717, 1.165) is 5.56 Å². The first-order valence-corrected chi connectivity index (χ1v) is 5.93. The number of carbonyl (C=O) groups is 1. The summed E-state index contributed by atoms with van der Waals surface area (Å²) in [4.78, 5) is 10.8. The first kappa shape index (κ1) is 13.2. The van der Waals surface area contributed by atoms with Crippen molar-refractivity contribution < 1.29 is 14.3 Å². The lowest BCUT2D eigenvalue weighted by molar-refractivity contribution is 0.0696. The van der Waals surface area contributed by atoms with Gasteiger partial charge >= 0.3 is 5.97 Å². The molecule has 2 rings (SSSR count). The number of halogens is 1. The van der Waals surface area contributed by atoms with E-state index >= 15 is 0 Å². The average Bonchev–Trinajstić information content (AvgIpc) is 2.42. The van der Waals surface area contributed by atoms with E-state index in [4.69, 9.17) is 5.11 Å². The van der Waals surface area contributed by atoms with E-state index in [1.54, 1.807) is 0 Å². The molecule has 2 aromatic rings. The Bertz CT molecular complexity index is 570. The number of aromatic carboxylic acids is 1. The first-order chi connectivity index (χ1) is 9.16. The van der Waals surface area contributed by atoms with Crippen molar-refractivity contribution in [3.63, 3.8) is 0 Å². The molecule has 0 spiro atoms. The molecule has 0 aliphatic rings. The molecule has 98 valence electrons. The van der Waals surface area contributed by atoms with Crippen LogP contribution in [0.5, 0.6) is 0 Å². The normalized spacial score (nSPS) is 10.4. The fraction of sp³-hybridized carbons (Fsp3) is 0.133. The lowest BCUT2D eigenvalue weighted by Gasteiger charge is -2.07. The first-order valence-electron chi connectivity index (χ1n) is 5.93. The third-order valence-corrected chi connectivity index (χ3v) is 2.78. The Balaban J connectivity index is 1.99. The number of hydrogen-bond donors (Lipinski definition) is 2. The van der Waals surface area contributed by atoms with Gasteiger partial charge in [0.15, 0.2) is 0 Å². The summed E-state index contributed by atoms with van der Waals surface area (Å²) in [6, 6.07) is 13.5. The third kappa shape index (κ3) is 3.63. The molecule has 0 unspecified atom stereocenters. The Morgan fingerprint density at radius 3 is 2.53 bits per heavy atom. The molecular weight excluding hydrogens is 245 g/mol. The van der Waals surface area contributed by atoms with Gasteiger partial charge in [-0.25, -0.2) is 9.18 Å². The zero-order valence-electron chi connectivity index (χ0n) is 10.3. The fourth-order valence-electron chi connectivity index (χ4n) is 1.78. The molecule has 19 heavy (non-hydrogen) atoms. The molecule has 0 aliphatic heterocycles. The van der Waals surface area contributed by atoms with Gasteiger partial charge in [-0.2, -0.15) is 0 Å². The zero-order chi connectivity index (χ0) is 13.7. The van der Waals surface area contributed by atoms with E-state index in [0.29, 0.717) is 18.7 Å². The molecule has 0 atom stereocenters. The molecule has 0 saturated carbocycles. The number of carboxylic acids is 1. The SMILES string of the molecule is O=C(O)c1ccc(F)c(CNCc2ccccc2)c1. The Morgan fingerprint density at radius 2 is 1.84 bits per heavy atom. The van der Waals surface area contributed by atoms with Crippen LogP contribution in [0.1, 0.15) is 21.5 Å². The Morgan fingerprint density at radius 1 is 1.11 bits per heavy atom. The Hall–Kier alpha value is -2.20. The van der Waals surface area contributed by atoms with Crippen LogP contribution in [-0.2, 0) is 13.1 Å². The van der Waals surface area contributed by atoms with Gasteiger partial charge in [-0.05, 0) is 23.8 Å². The van der Waals surface area contributed by atoms with Crippen LogP contribution in [0.15, 0.2) is 48.5 Å². The molecule has 0 saturated heterocycles. The van der Waals surface area contributed by atoms with Crippen LogP contribution in [0.2, 0.25) is 0 Å². The molecule has 0 bridgehead atoms. The van der Waals surface area contributed by atoms with Gasteiger partial charge in [-0.3, -0.25) is 0 Å². The predicted molar refractivity (Wildman–Crippen MR) is 70.3 cm³/mol. The molecular formula is C15H14FNO2. The van der Waals surface area contributed by atoms with Crippen LogP contribution in [0.25, 0.3) is 0 Å². The number of hydrogen-bond acceptors (Lipinski definition) is 2. The van der Waals surface area contributed by atoms with E-state index in [1.807, 2.05) is 30.3 Å². The summed E-state index contributed by atoms with van der Waals surface area (Å²) in [7, 11) is 0.